The molecule has 4 aromatic rings. The first-order chi connectivity index (χ1) is 17.0. The van der Waals surface area contributed by atoms with Crippen LogP contribution in [-0.2, 0) is 24.3 Å². The summed E-state index contributed by atoms with van der Waals surface area (Å²) in [6, 6.07) is 21.9. The fraction of sp³-hybridized carbons (Fsp3) is 0.214. The second-order valence-electron chi connectivity index (χ2n) is 9.12. The molecule has 35 heavy (non-hydrogen) atoms. The number of rotatable bonds is 4. The van der Waals surface area contributed by atoms with Gasteiger partial charge in [-0.1, -0.05) is 42.5 Å². The maximum absolute atomic E-state index is 13.4. The van der Waals surface area contributed by atoms with Gasteiger partial charge in [0, 0.05) is 31.0 Å². The number of hydrogen-bond donors (Lipinski definition) is 1. The van der Waals surface area contributed by atoms with Gasteiger partial charge in [-0.15, -0.1) is 0 Å². The predicted octanol–water partition coefficient (Wildman–Crippen LogP) is 4.24. The Bertz CT molecular complexity index is 1460. The molecule has 0 aliphatic carbocycles. The van der Waals surface area contributed by atoms with E-state index < -0.39 is 0 Å². The molecule has 0 radical (unpaired) electrons. The molecule has 0 spiro atoms. The van der Waals surface area contributed by atoms with Crippen molar-refractivity contribution in [1.82, 2.24) is 14.8 Å². The van der Waals surface area contributed by atoms with E-state index in [9.17, 15) is 14.0 Å². The maximum Gasteiger partial charge on any atom is 0.257 e. The van der Waals surface area contributed by atoms with Crippen LogP contribution < -0.4 is 10.2 Å². The molecule has 2 aliphatic rings. The molecule has 0 saturated carbocycles. The van der Waals surface area contributed by atoms with Gasteiger partial charge in [0.2, 0.25) is 5.91 Å². The summed E-state index contributed by atoms with van der Waals surface area (Å²) < 4.78 is 15.3. The summed E-state index contributed by atoms with van der Waals surface area (Å²) in [6.45, 7) is 1.08. The fourth-order valence-corrected chi connectivity index (χ4v) is 5.48. The number of hydrogen-bond acceptors (Lipinski definition) is 3. The van der Waals surface area contributed by atoms with Gasteiger partial charge in [-0.25, -0.2) is 4.39 Å². The van der Waals surface area contributed by atoms with Gasteiger partial charge in [-0.3, -0.25) is 9.59 Å². The maximum atomic E-state index is 13.4. The highest BCUT2D eigenvalue weighted by molar-refractivity contribution is 6.02. The van der Waals surface area contributed by atoms with Crippen molar-refractivity contribution in [3.8, 4) is 0 Å². The first-order valence-corrected chi connectivity index (χ1v) is 11.8. The van der Waals surface area contributed by atoms with Crippen molar-refractivity contribution in [2.75, 3.05) is 18.5 Å². The van der Waals surface area contributed by atoms with E-state index in [0.717, 1.165) is 34.3 Å². The lowest BCUT2D eigenvalue weighted by molar-refractivity contribution is -0.121. The van der Waals surface area contributed by atoms with Crippen LogP contribution in [-0.4, -0.2) is 34.9 Å². The molecule has 3 aromatic carbocycles. The predicted molar refractivity (Wildman–Crippen MR) is 133 cm³/mol. The average molecular weight is 469 g/mol. The van der Waals surface area contributed by atoms with Crippen LogP contribution in [0.25, 0.3) is 10.9 Å². The van der Waals surface area contributed by atoms with Crippen LogP contribution in [0.3, 0.4) is 0 Å². The van der Waals surface area contributed by atoms with Gasteiger partial charge in [0.05, 0.1) is 16.9 Å². The van der Waals surface area contributed by atoms with E-state index in [1.54, 1.807) is 12.1 Å². The summed E-state index contributed by atoms with van der Waals surface area (Å²) in [5, 5.41) is 4.08. The van der Waals surface area contributed by atoms with E-state index in [1.165, 1.54) is 17.7 Å². The molecule has 0 unspecified atom stereocenters. The van der Waals surface area contributed by atoms with Gasteiger partial charge in [0.1, 0.15) is 18.5 Å². The Balaban J connectivity index is 1.39. The Morgan fingerprint density at radius 1 is 1.03 bits per heavy atom. The number of para-hydroxylation sites is 2. The summed E-state index contributed by atoms with van der Waals surface area (Å²) in [7, 11) is 2.01. The van der Waals surface area contributed by atoms with Crippen LogP contribution >= 0.6 is 0 Å². The summed E-state index contributed by atoms with van der Waals surface area (Å²) in [5.41, 5.74) is 5.58. The first-order valence-electron chi connectivity index (χ1n) is 11.8. The highest BCUT2D eigenvalue weighted by Gasteiger charge is 2.42. The normalized spacial score (nSPS) is 16.6. The van der Waals surface area contributed by atoms with E-state index in [4.69, 9.17) is 0 Å². The Morgan fingerprint density at radius 3 is 2.60 bits per heavy atom. The SMILES string of the molecule is CN1c2ccccc2C(=O)N2CCc3c(n(CC(=O)NCc4ccc(F)cc4)c4ccccc34)[C@@H]21. The number of benzene rings is 3. The van der Waals surface area contributed by atoms with Crippen molar-refractivity contribution in [3.05, 3.63) is 101 Å². The van der Waals surface area contributed by atoms with Crippen molar-refractivity contribution in [2.45, 2.75) is 25.7 Å². The standard InChI is InChI=1S/C28H25FN4O2/c1-31-23-8-4-3-7-22(23)28(35)32-15-14-21-20-6-2-5-9-24(20)33(26(21)27(31)32)17-25(34)30-16-18-10-12-19(29)13-11-18/h2-13,27H,14-17H2,1H3,(H,30,34)/t27-/m1/s1. The van der Waals surface area contributed by atoms with Crippen molar-refractivity contribution < 1.29 is 14.0 Å². The van der Waals surface area contributed by atoms with E-state index in [0.29, 0.717) is 18.7 Å². The van der Waals surface area contributed by atoms with Crippen LogP contribution in [0.4, 0.5) is 10.1 Å². The fourth-order valence-electron chi connectivity index (χ4n) is 5.48. The van der Waals surface area contributed by atoms with Crippen LogP contribution in [0.5, 0.6) is 0 Å². The van der Waals surface area contributed by atoms with Gasteiger partial charge in [0.25, 0.3) is 5.91 Å². The molecule has 0 saturated heterocycles. The van der Waals surface area contributed by atoms with Gasteiger partial charge < -0.3 is 19.7 Å². The first kappa shape index (κ1) is 21.4. The zero-order valence-electron chi connectivity index (χ0n) is 19.4. The Kier molecular flexibility index (Phi) is 5.06. The summed E-state index contributed by atoms with van der Waals surface area (Å²) >= 11 is 0. The number of nitrogens with one attached hydrogen (secondary N) is 1. The average Bonchev–Trinajstić information content (AvgIpc) is 3.20. The molecule has 6 rings (SSSR count). The summed E-state index contributed by atoms with van der Waals surface area (Å²) in [4.78, 5) is 30.6. The van der Waals surface area contributed by atoms with Crippen LogP contribution in [0.2, 0.25) is 0 Å². The van der Waals surface area contributed by atoms with Crippen molar-refractivity contribution >= 4 is 28.4 Å². The second-order valence-corrected chi connectivity index (χ2v) is 9.12. The smallest absolute Gasteiger partial charge is 0.257 e. The Hall–Kier alpha value is -4.13. The third-order valence-corrected chi connectivity index (χ3v) is 7.11. The molecule has 2 amide bonds. The van der Waals surface area contributed by atoms with Gasteiger partial charge in [0.15, 0.2) is 0 Å². The highest BCUT2D eigenvalue weighted by atomic mass is 19.1. The number of nitrogens with zero attached hydrogens (tertiary/aromatic N) is 3. The number of anilines is 1. The monoisotopic (exact) mass is 468 g/mol. The van der Waals surface area contributed by atoms with E-state index in [2.05, 4.69) is 20.9 Å². The van der Waals surface area contributed by atoms with E-state index in [1.807, 2.05) is 54.4 Å². The molecule has 6 nitrogen and oxygen atoms in total. The van der Waals surface area contributed by atoms with Crippen LogP contribution in [0.15, 0.2) is 72.8 Å². The zero-order chi connectivity index (χ0) is 24.1. The molecule has 1 N–H and O–H groups in total. The number of fused-ring (bicyclic) bond motifs is 6. The largest absolute Gasteiger partial charge is 0.350 e. The number of carbonyl (C=O) groups excluding carboxylic acids is 2. The number of aromatic nitrogens is 1. The molecule has 1 aromatic heterocycles. The minimum absolute atomic E-state index is 0.0203. The van der Waals surface area contributed by atoms with Crippen molar-refractivity contribution in [1.29, 1.82) is 0 Å². The van der Waals surface area contributed by atoms with E-state index in [-0.39, 0.29) is 30.3 Å². The van der Waals surface area contributed by atoms with Crippen molar-refractivity contribution in [2.24, 2.45) is 0 Å². The van der Waals surface area contributed by atoms with Gasteiger partial charge in [-0.2, -0.15) is 0 Å². The topological polar surface area (TPSA) is 57.6 Å². The van der Waals surface area contributed by atoms with Gasteiger partial charge >= 0.3 is 0 Å². The quantitative estimate of drug-likeness (QED) is 0.487. The lowest BCUT2D eigenvalue weighted by atomic mass is 9.96. The third-order valence-electron chi connectivity index (χ3n) is 7.11. The molecule has 1 atom stereocenters. The number of carbonyl (C=O) groups is 2. The van der Waals surface area contributed by atoms with Crippen LogP contribution in [0.1, 0.15) is 33.3 Å². The molecular weight excluding hydrogens is 443 g/mol. The molecule has 7 heteroatoms. The zero-order valence-corrected chi connectivity index (χ0v) is 19.4. The third kappa shape index (κ3) is 3.46. The molecular formula is C28H25FN4O2. The van der Waals surface area contributed by atoms with Crippen LogP contribution in [0, 0.1) is 5.82 Å². The Morgan fingerprint density at radius 2 is 1.77 bits per heavy atom. The minimum Gasteiger partial charge on any atom is -0.350 e. The lowest BCUT2D eigenvalue weighted by Gasteiger charge is -2.46. The molecule has 0 fully saturated rings. The van der Waals surface area contributed by atoms with E-state index >= 15 is 0 Å². The summed E-state index contributed by atoms with van der Waals surface area (Å²) in [5.74, 6) is -0.421. The van der Waals surface area contributed by atoms with Gasteiger partial charge in [-0.05, 0) is 47.9 Å². The molecule has 0 bridgehead atoms. The molecule has 2 aliphatic heterocycles. The second kappa shape index (κ2) is 8.27. The number of amides is 2. The highest BCUT2D eigenvalue weighted by Crippen LogP contribution is 2.44. The molecule has 176 valence electrons. The van der Waals surface area contributed by atoms with Crippen molar-refractivity contribution in [3.63, 3.8) is 0 Å². The lowest BCUT2D eigenvalue weighted by Crippen LogP contribution is -2.51. The molecule has 3 heterocycles. The minimum atomic E-state index is -0.303. The summed E-state index contributed by atoms with van der Waals surface area (Å²) in [6.07, 6.45) is 0.441. The number of halogens is 1. The Labute approximate surface area is 202 Å².